The number of fused-ring (bicyclic) bond motifs is 12. The molecule has 5 nitrogen and oxygen atoms in total. The summed E-state index contributed by atoms with van der Waals surface area (Å²) >= 11 is 0. The zero-order chi connectivity index (χ0) is 40.7. The Hall–Kier alpha value is -8.41. The Labute approximate surface area is 356 Å². The van der Waals surface area contributed by atoms with Crippen LogP contribution >= 0.6 is 0 Å². The molecule has 0 aliphatic carbocycles. The smallest absolute Gasteiger partial charge is 0.235 e. The highest BCUT2D eigenvalue weighted by Crippen LogP contribution is 2.43. The molecule has 0 fully saturated rings. The zero-order valence-corrected chi connectivity index (χ0v) is 33.4. The summed E-state index contributed by atoms with van der Waals surface area (Å²) in [6, 6.07) is 71.7. The van der Waals surface area contributed by atoms with Crippen LogP contribution in [0.4, 0.5) is 0 Å². The molecule has 0 spiro atoms. The number of para-hydroxylation sites is 2. The van der Waals surface area contributed by atoms with Crippen molar-refractivity contribution in [2.24, 2.45) is 0 Å². The van der Waals surface area contributed by atoms with Gasteiger partial charge in [0.25, 0.3) is 0 Å². The molecule has 0 saturated carbocycles. The second kappa shape index (κ2) is 13.6. The first-order valence-electron chi connectivity index (χ1n) is 21.0. The highest BCUT2D eigenvalue weighted by molar-refractivity contribution is 6.29. The minimum absolute atomic E-state index is 0.608. The molecule has 13 aromatic rings. The molecule has 5 heteroatoms. The summed E-state index contributed by atoms with van der Waals surface area (Å²) in [5, 5.41) is 12.0. The highest BCUT2D eigenvalue weighted by atomic mass is 15.2. The van der Waals surface area contributed by atoms with Crippen molar-refractivity contribution in [1.29, 1.82) is 0 Å². The van der Waals surface area contributed by atoms with Crippen LogP contribution in [0.5, 0.6) is 0 Å². The van der Waals surface area contributed by atoms with Crippen LogP contribution in [-0.4, -0.2) is 24.1 Å². The third-order valence-corrected chi connectivity index (χ3v) is 12.6. The van der Waals surface area contributed by atoms with Gasteiger partial charge in [0.2, 0.25) is 5.95 Å². The van der Waals surface area contributed by atoms with Crippen molar-refractivity contribution in [2.45, 2.75) is 0 Å². The highest BCUT2D eigenvalue weighted by Gasteiger charge is 2.20. The summed E-state index contributed by atoms with van der Waals surface area (Å²) in [5.74, 6) is 0.608. The third-order valence-electron chi connectivity index (χ3n) is 12.6. The van der Waals surface area contributed by atoms with E-state index in [1.807, 2.05) is 24.5 Å². The van der Waals surface area contributed by atoms with Gasteiger partial charge in [-0.1, -0.05) is 140 Å². The van der Waals surface area contributed by atoms with E-state index in [0.717, 1.165) is 50.0 Å². The standard InChI is InChI=1S/C57H35N5/c1-4-14-36(15-5-1)51-34-52(37-16-6-2-7-17-37)60-57(59-51)62-55-33-48-42-21-11-10-20-41(42)46-30-38(24-26-43(46)47(48)32-50(55)45-28-29-58-35-56(45)62)39-25-27-54-49(31-39)44-22-12-13-23-53(44)61(54)40-18-8-3-9-19-40/h1-35H. The van der Waals surface area contributed by atoms with Crippen LogP contribution in [0.1, 0.15) is 0 Å². The van der Waals surface area contributed by atoms with Crippen LogP contribution in [-0.2, 0) is 0 Å². The lowest BCUT2D eigenvalue weighted by Gasteiger charge is -2.14. The average molecular weight is 790 g/mol. The predicted octanol–water partition coefficient (Wildman–Crippen LogP) is 14.5. The summed E-state index contributed by atoms with van der Waals surface area (Å²) < 4.78 is 4.57. The molecule has 62 heavy (non-hydrogen) atoms. The van der Waals surface area contributed by atoms with Gasteiger partial charge in [-0.2, -0.15) is 0 Å². The van der Waals surface area contributed by atoms with Crippen LogP contribution in [0.25, 0.3) is 121 Å². The lowest BCUT2D eigenvalue weighted by Crippen LogP contribution is -2.04. The zero-order valence-electron chi connectivity index (χ0n) is 33.4. The number of benzene rings is 9. The van der Waals surface area contributed by atoms with E-state index in [2.05, 4.69) is 202 Å². The molecule has 0 aliphatic rings. The fourth-order valence-electron chi connectivity index (χ4n) is 9.76. The lowest BCUT2D eigenvalue weighted by molar-refractivity contribution is 0.993. The fourth-order valence-corrected chi connectivity index (χ4v) is 9.76. The molecule has 288 valence electrons. The molecular formula is C57H35N5. The first-order valence-corrected chi connectivity index (χ1v) is 21.0. The topological polar surface area (TPSA) is 48.5 Å². The Morgan fingerprint density at radius 1 is 0.290 bits per heavy atom. The van der Waals surface area contributed by atoms with Crippen LogP contribution in [0.3, 0.4) is 0 Å². The molecule has 0 N–H and O–H groups in total. The van der Waals surface area contributed by atoms with Crippen molar-refractivity contribution in [1.82, 2.24) is 24.1 Å². The number of rotatable bonds is 5. The van der Waals surface area contributed by atoms with Gasteiger partial charge in [0.05, 0.1) is 39.7 Å². The molecule has 0 radical (unpaired) electrons. The molecule has 4 heterocycles. The minimum atomic E-state index is 0.608. The summed E-state index contributed by atoms with van der Waals surface area (Å²) in [4.78, 5) is 15.2. The summed E-state index contributed by atoms with van der Waals surface area (Å²) in [5.41, 5.74) is 11.7. The Morgan fingerprint density at radius 2 is 0.806 bits per heavy atom. The van der Waals surface area contributed by atoms with E-state index >= 15 is 0 Å². The quantitative estimate of drug-likeness (QED) is 0.163. The van der Waals surface area contributed by atoms with Crippen molar-refractivity contribution < 1.29 is 0 Å². The van der Waals surface area contributed by atoms with Gasteiger partial charge < -0.3 is 4.57 Å². The normalized spacial score (nSPS) is 11.9. The molecule has 0 atom stereocenters. The summed E-state index contributed by atoms with van der Waals surface area (Å²) in [6.07, 6.45) is 3.82. The van der Waals surface area contributed by atoms with Crippen molar-refractivity contribution >= 4 is 75.9 Å². The second-order valence-corrected chi connectivity index (χ2v) is 16.0. The van der Waals surface area contributed by atoms with Crippen LogP contribution < -0.4 is 0 Å². The Balaban J connectivity index is 1.04. The van der Waals surface area contributed by atoms with Crippen molar-refractivity contribution in [3.05, 3.63) is 213 Å². The first kappa shape index (κ1) is 34.5. The molecule has 4 aromatic heterocycles. The lowest BCUT2D eigenvalue weighted by atomic mass is 9.91. The monoisotopic (exact) mass is 789 g/mol. The summed E-state index contributed by atoms with van der Waals surface area (Å²) in [6.45, 7) is 0. The maximum Gasteiger partial charge on any atom is 0.235 e. The first-order chi connectivity index (χ1) is 30.7. The Morgan fingerprint density at radius 3 is 1.52 bits per heavy atom. The largest absolute Gasteiger partial charge is 0.309 e. The molecule has 0 saturated heterocycles. The Bertz CT molecular complexity index is 3850. The van der Waals surface area contributed by atoms with Crippen LogP contribution in [0, 0.1) is 0 Å². The predicted molar refractivity (Wildman–Crippen MR) is 257 cm³/mol. The van der Waals surface area contributed by atoms with Gasteiger partial charge in [-0.3, -0.25) is 9.55 Å². The van der Waals surface area contributed by atoms with Crippen molar-refractivity contribution in [2.75, 3.05) is 0 Å². The van der Waals surface area contributed by atoms with Gasteiger partial charge in [0.1, 0.15) is 0 Å². The SMILES string of the molecule is c1ccc(-c2cc(-c3ccccc3)nc(-n3c4cnccc4c4cc5c6ccc(-c7ccc8c(c7)c7ccccc7n8-c7ccccc7)cc6c6ccccc6c5cc43)n2)cc1. The van der Waals surface area contributed by atoms with Gasteiger partial charge in [-0.25, -0.2) is 9.97 Å². The molecule has 0 bridgehead atoms. The number of hydrogen-bond acceptors (Lipinski definition) is 3. The van der Waals surface area contributed by atoms with E-state index < -0.39 is 0 Å². The van der Waals surface area contributed by atoms with Crippen molar-refractivity contribution in [3.63, 3.8) is 0 Å². The molecular weight excluding hydrogens is 755 g/mol. The van der Waals surface area contributed by atoms with Crippen LogP contribution in [0.15, 0.2) is 213 Å². The number of aromatic nitrogens is 5. The van der Waals surface area contributed by atoms with E-state index in [1.165, 1.54) is 65.3 Å². The number of nitrogens with zero attached hydrogens (tertiary/aromatic N) is 5. The van der Waals surface area contributed by atoms with Crippen molar-refractivity contribution in [3.8, 4) is 45.3 Å². The fraction of sp³-hybridized carbons (Fsp3) is 0. The number of pyridine rings is 1. The van der Waals surface area contributed by atoms with Gasteiger partial charge in [0.15, 0.2) is 0 Å². The maximum absolute atomic E-state index is 5.28. The van der Waals surface area contributed by atoms with Crippen LogP contribution in [0.2, 0.25) is 0 Å². The Kier molecular flexibility index (Phi) is 7.54. The summed E-state index contributed by atoms with van der Waals surface area (Å²) in [7, 11) is 0. The number of hydrogen-bond donors (Lipinski definition) is 0. The van der Waals surface area contributed by atoms with E-state index in [1.54, 1.807) is 0 Å². The maximum atomic E-state index is 5.28. The van der Waals surface area contributed by atoms with E-state index in [-0.39, 0.29) is 0 Å². The average Bonchev–Trinajstić information content (AvgIpc) is 3.86. The molecule has 0 aliphatic heterocycles. The van der Waals surface area contributed by atoms with Gasteiger partial charge >= 0.3 is 0 Å². The van der Waals surface area contributed by atoms with E-state index in [9.17, 15) is 0 Å². The van der Waals surface area contributed by atoms with Gasteiger partial charge in [-0.15, -0.1) is 0 Å². The van der Waals surface area contributed by atoms with E-state index in [4.69, 9.17) is 9.97 Å². The van der Waals surface area contributed by atoms with E-state index in [0.29, 0.717) is 5.95 Å². The second-order valence-electron chi connectivity index (χ2n) is 16.0. The third kappa shape index (κ3) is 5.25. The molecule has 0 unspecified atom stereocenters. The molecule has 13 rings (SSSR count). The van der Waals surface area contributed by atoms with Gasteiger partial charge in [0, 0.05) is 44.6 Å². The molecule has 9 aromatic carbocycles. The van der Waals surface area contributed by atoms with Gasteiger partial charge in [-0.05, 0) is 104 Å². The minimum Gasteiger partial charge on any atom is -0.309 e. The molecule has 0 amide bonds.